The second kappa shape index (κ2) is 8.27. The molecule has 2 aromatic rings. The molecule has 0 spiro atoms. The van der Waals surface area contributed by atoms with E-state index in [9.17, 15) is 5.11 Å². The van der Waals surface area contributed by atoms with E-state index in [1.807, 2.05) is 30.3 Å². The molecule has 0 radical (unpaired) electrons. The molecule has 0 amide bonds. The van der Waals surface area contributed by atoms with Gasteiger partial charge in [-0.05, 0) is 30.2 Å². The van der Waals surface area contributed by atoms with Crippen molar-refractivity contribution in [2.24, 2.45) is 0 Å². The molecule has 0 aliphatic heterocycles. The van der Waals surface area contributed by atoms with Gasteiger partial charge in [0.15, 0.2) is 0 Å². The Hall–Kier alpha value is -2.07. The number of nitrogens with one attached hydrogen (secondary N) is 1. The summed E-state index contributed by atoms with van der Waals surface area (Å²) in [5, 5.41) is 12.6. The highest BCUT2D eigenvalue weighted by Crippen LogP contribution is 2.16. The lowest BCUT2D eigenvalue weighted by atomic mass is 10.2. The highest BCUT2D eigenvalue weighted by Gasteiger charge is 2.01. The van der Waals surface area contributed by atoms with E-state index in [2.05, 4.69) is 17.2 Å². The zero-order chi connectivity index (χ0) is 14.9. The Morgan fingerprint density at radius 3 is 2.71 bits per heavy atom. The van der Waals surface area contributed by atoms with Crippen LogP contribution in [-0.2, 0) is 13.2 Å². The number of hydrogen-bond donors (Lipinski definition) is 2. The molecule has 4 nitrogen and oxygen atoms in total. The number of aliphatic hydroxyl groups excluding tert-OH is 1. The number of unbranched alkanes of at least 4 members (excludes halogenated alkanes) is 1. The minimum absolute atomic E-state index is 0.00899. The molecule has 0 aliphatic carbocycles. The number of benzene rings is 1. The zero-order valence-electron chi connectivity index (χ0n) is 12.4. The lowest BCUT2D eigenvalue weighted by Crippen LogP contribution is -2.03. The van der Waals surface area contributed by atoms with Crippen LogP contribution < -0.4 is 10.1 Å². The molecule has 0 aliphatic rings. The SMILES string of the molecule is CCCCOc1ccc(CNc2cnccc2CO)cc1. The molecule has 0 atom stereocenters. The van der Waals surface area contributed by atoms with Crippen LogP contribution in [0.4, 0.5) is 5.69 Å². The van der Waals surface area contributed by atoms with Crippen LogP contribution in [0.25, 0.3) is 0 Å². The summed E-state index contributed by atoms with van der Waals surface area (Å²) in [6.45, 7) is 3.61. The first-order valence-corrected chi connectivity index (χ1v) is 7.33. The van der Waals surface area contributed by atoms with Crippen LogP contribution in [0, 0.1) is 0 Å². The molecular weight excluding hydrogens is 264 g/mol. The van der Waals surface area contributed by atoms with E-state index in [1.54, 1.807) is 12.4 Å². The van der Waals surface area contributed by atoms with Gasteiger partial charge in [0.25, 0.3) is 0 Å². The number of rotatable bonds is 8. The van der Waals surface area contributed by atoms with Crippen LogP contribution in [0.2, 0.25) is 0 Å². The highest BCUT2D eigenvalue weighted by molar-refractivity contribution is 5.49. The van der Waals surface area contributed by atoms with Crippen LogP contribution in [0.3, 0.4) is 0 Å². The first-order valence-electron chi connectivity index (χ1n) is 7.33. The molecule has 1 heterocycles. The van der Waals surface area contributed by atoms with E-state index in [4.69, 9.17) is 4.74 Å². The van der Waals surface area contributed by atoms with Gasteiger partial charge in [0, 0.05) is 18.3 Å². The molecule has 1 aromatic carbocycles. The predicted molar refractivity (Wildman–Crippen MR) is 84.3 cm³/mol. The van der Waals surface area contributed by atoms with Gasteiger partial charge in [-0.1, -0.05) is 25.5 Å². The summed E-state index contributed by atoms with van der Waals surface area (Å²) in [6.07, 6.45) is 5.63. The van der Waals surface area contributed by atoms with Gasteiger partial charge in [0.1, 0.15) is 5.75 Å². The molecule has 4 heteroatoms. The summed E-state index contributed by atoms with van der Waals surface area (Å²) < 4.78 is 5.64. The largest absolute Gasteiger partial charge is 0.494 e. The van der Waals surface area contributed by atoms with Crippen molar-refractivity contribution in [1.29, 1.82) is 0 Å². The van der Waals surface area contributed by atoms with E-state index in [-0.39, 0.29) is 6.61 Å². The average Bonchev–Trinajstić information content (AvgIpc) is 2.54. The third kappa shape index (κ3) is 4.76. The predicted octanol–water partition coefficient (Wildman–Crippen LogP) is 3.36. The number of nitrogens with zero attached hydrogens (tertiary/aromatic N) is 1. The lowest BCUT2D eigenvalue weighted by molar-refractivity contribution is 0.282. The van der Waals surface area contributed by atoms with Gasteiger partial charge in [-0.25, -0.2) is 0 Å². The summed E-state index contributed by atoms with van der Waals surface area (Å²) in [5.41, 5.74) is 2.87. The maximum absolute atomic E-state index is 9.27. The molecule has 0 unspecified atom stereocenters. The molecule has 2 N–H and O–H groups in total. The monoisotopic (exact) mass is 286 g/mol. The van der Waals surface area contributed by atoms with E-state index in [1.165, 1.54) is 0 Å². The minimum atomic E-state index is 0.00899. The highest BCUT2D eigenvalue weighted by atomic mass is 16.5. The smallest absolute Gasteiger partial charge is 0.119 e. The number of aliphatic hydroxyl groups is 1. The average molecular weight is 286 g/mol. The van der Waals surface area contributed by atoms with Gasteiger partial charge in [-0.15, -0.1) is 0 Å². The Bertz CT molecular complexity index is 541. The topological polar surface area (TPSA) is 54.4 Å². The second-order valence-corrected chi connectivity index (χ2v) is 4.89. The number of pyridine rings is 1. The molecule has 0 fully saturated rings. The maximum Gasteiger partial charge on any atom is 0.119 e. The van der Waals surface area contributed by atoms with Gasteiger partial charge in [0.2, 0.25) is 0 Å². The fourth-order valence-electron chi connectivity index (χ4n) is 1.96. The van der Waals surface area contributed by atoms with Crippen molar-refractivity contribution in [3.63, 3.8) is 0 Å². The Balaban J connectivity index is 1.88. The van der Waals surface area contributed by atoms with Crippen LogP contribution in [0.5, 0.6) is 5.75 Å². The normalized spacial score (nSPS) is 10.4. The van der Waals surface area contributed by atoms with Gasteiger partial charge >= 0.3 is 0 Å². The standard InChI is InChI=1S/C17H22N2O2/c1-2-3-10-21-16-6-4-14(5-7-16)11-19-17-12-18-9-8-15(17)13-20/h4-9,12,19-20H,2-3,10-11,13H2,1H3. The van der Waals surface area contributed by atoms with Gasteiger partial charge in [0.05, 0.1) is 25.1 Å². The summed E-state index contributed by atoms with van der Waals surface area (Å²) in [7, 11) is 0. The van der Waals surface area contributed by atoms with Crippen molar-refractivity contribution < 1.29 is 9.84 Å². The van der Waals surface area contributed by atoms with Crippen molar-refractivity contribution in [3.8, 4) is 5.75 Å². The van der Waals surface area contributed by atoms with E-state index < -0.39 is 0 Å². The first kappa shape index (κ1) is 15.3. The summed E-state index contributed by atoms with van der Waals surface area (Å²) in [5.74, 6) is 0.907. The second-order valence-electron chi connectivity index (χ2n) is 4.89. The quantitative estimate of drug-likeness (QED) is 0.731. The molecule has 21 heavy (non-hydrogen) atoms. The number of anilines is 1. The van der Waals surface area contributed by atoms with Gasteiger partial charge in [-0.3, -0.25) is 4.98 Å². The molecular formula is C17H22N2O2. The van der Waals surface area contributed by atoms with Crippen molar-refractivity contribution in [1.82, 2.24) is 4.98 Å². The first-order chi connectivity index (χ1) is 10.3. The Kier molecular flexibility index (Phi) is 6.03. The van der Waals surface area contributed by atoms with Crippen molar-refractivity contribution in [2.45, 2.75) is 32.9 Å². The molecule has 0 saturated heterocycles. The molecule has 2 rings (SSSR count). The Labute approximate surface area is 125 Å². The van der Waals surface area contributed by atoms with Gasteiger partial charge in [-0.2, -0.15) is 0 Å². The Morgan fingerprint density at radius 2 is 2.00 bits per heavy atom. The van der Waals surface area contributed by atoms with Crippen LogP contribution in [0.15, 0.2) is 42.7 Å². The number of ether oxygens (including phenoxy) is 1. The van der Waals surface area contributed by atoms with Crippen molar-refractivity contribution >= 4 is 5.69 Å². The Morgan fingerprint density at radius 1 is 1.19 bits per heavy atom. The maximum atomic E-state index is 9.27. The number of hydrogen-bond acceptors (Lipinski definition) is 4. The van der Waals surface area contributed by atoms with E-state index in [0.29, 0.717) is 6.54 Å². The molecule has 112 valence electrons. The molecule has 0 bridgehead atoms. The fourth-order valence-corrected chi connectivity index (χ4v) is 1.96. The van der Waals surface area contributed by atoms with Crippen LogP contribution in [-0.4, -0.2) is 16.7 Å². The zero-order valence-corrected chi connectivity index (χ0v) is 12.4. The number of aromatic nitrogens is 1. The van der Waals surface area contributed by atoms with Crippen LogP contribution >= 0.6 is 0 Å². The van der Waals surface area contributed by atoms with Crippen molar-refractivity contribution in [3.05, 3.63) is 53.9 Å². The van der Waals surface area contributed by atoms with Crippen molar-refractivity contribution in [2.75, 3.05) is 11.9 Å². The van der Waals surface area contributed by atoms with E-state index in [0.717, 1.165) is 42.0 Å². The third-order valence-electron chi connectivity index (χ3n) is 3.25. The summed E-state index contributed by atoms with van der Waals surface area (Å²) in [6, 6.07) is 9.88. The summed E-state index contributed by atoms with van der Waals surface area (Å²) >= 11 is 0. The molecule has 1 aromatic heterocycles. The minimum Gasteiger partial charge on any atom is -0.494 e. The van der Waals surface area contributed by atoms with Crippen LogP contribution in [0.1, 0.15) is 30.9 Å². The summed E-state index contributed by atoms with van der Waals surface area (Å²) in [4.78, 5) is 4.07. The third-order valence-corrected chi connectivity index (χ3v) is 3.25. The fraction of sp³-hybridized carbons (Fsp3) is 0.353. The van der Waals surface area contributed by atoms with Gasteiger partial charge < -0.3 is 15.2 Å². The lowest BCUT2D eigenvalue weighted by Gasteiger charge is -2.10. The molecule has 0 saturated carbocycles. The van der Waals surface area contributed by atoms with E-state index >= 15 is 0 Å².